The molecule has 2 atom stereocenters. The summed E-state index contributed by atoms with van der Waals surface area (Å²) < 4.78 is 0. The molecule has 0 heteroatoms. The number of benzene rings is 2. The van der Waals surface area contributed by atoms with Crippen molar-refractivity contribution in [1.82, 2.24) is 0 Å². The molecule has 1 aliphatic rings. The van der Waals surface area contributed by atoms with E-state index in [1.165, 1.54) is 23.1 Å². The molecule has 0 radical (unpaired) electrons. The van der Waals surface area contributed by atoms with Crippen LogP contribution in [0.25, 0.3) is 0 Å². The molecule has 0 spiro atoms. The van der Waals surface area contributed by atoms with Crippen molar-refractivity contribution in [1.29, 1.82) is 0 Å². The fraction of sp³-hybridized carbons (Fsp3) is 0.333. The average molecular weight is 236 g/mol. The molecule has 92 valence electrons. The molecule has 0 saturated carbocycles. The number of aryl methyl sites for hydroxylation is 2. The molecule has 1 aliphatic carbocycles. The van der Waals surface area contributed by atoms with Crippen molar-refractivity contribution in [2.75, 3.05) is 0 Å². The van der Waals surface area contributed by atoms with Crippen molar-refractivity contribution in [3.63, 3.8) is 0 Å². The van der Waals surface area contributed by atoms with Crippen molar-refractivity contribution in [2.45, 2.75) is 39.0 Å². The van der Waals surface area contributed by atoms with Gasteiger partial charge in [0.1, 0.15) is 0 Å². The zero-order valence-electron chi connectivity index (χ0n) is 11.4. The topological polar surface area (TPSA) is 0 Å². The van der Waals surface area contributed by atoms with Gasteiger partial charge in [0, 0.05) is 5.92 Å². The maximum Gasteiger partial charge on any atom is 0.0101 e. The minimum atomic E-state index is 0.594. The molecular formula is C18H20. The van der Waals surface area contributed by atoms with Gasteiger partial charge in [-0.15, -0.1) is 0 Å². The van der Waals surface area contributed by atoms with E-state index in [0.717, 1.165) is 0 Å². The summed E-state index contributed by atoms with van der Waals surface area (Å²) in [4.78, 5) is 0. The zero-order valence-corrected chi connectivity index (χ0v) is 11.4. The van der Waals surface area contributed by atoms with Gasteiger partial charge in [-0.05, 0) is 54.0 Å². The number of fused-ring (bicyclic) bond motifs is 1. The molecule has 2 aromatic rings. The van der Waals surface area contributed by atoms with Gasteiger partial charge in [0.2, 0.25) is 0 Å². The molecule has 2 aromatic carbocycles. The monoisotopic (exact) mass is 236 g/mol. The third-order valence-corrected chi connectivity index (χ3v) is 4.38. The van der Waals surface area contributed by atoms with Crippen LogP contribution in [0, 0.1) is 13.8 Å². The molecule has 0 fully saturated rings. The predicted octanol–water partition coefficient (Wildman–Crippen LogP) is 4.94. The summed E-state index contributed by atoms with van der Waals surface area (Å²) in [6, 6.07) is 15.6. The van der Waals surface area contributed by atoms with Gasteiger partial charge in [-0.2, -0.15) is 0 Å². The van der Waals surface area contributed by atoms with Gasteiger partial charge in [0.05, 0.1) is 0 Å². The highest BCUT2D eigenvalue weighted by Gasteiger charge is 2.30. The van der Waals surface area contributed by atoms with Gasteiger partial charge in [-0.25, -0.2) is 0 Å². The summed E-state index contributed by atoms with van der Waals surface area (Å²) in [5, 5.41) is 0. The SMILES string of the molecule is Cc1ccccc1C1CC(C)c2c(C)cccc21. The Hall–Kier alpha value is -1.56. The van der Waals surface area contributed by atoms with E-state index in [2.05, 4.69) is 63.2 Å². The first kappa shape index (κ1) is 11.5. The van der Waals surface area contributed by atoms with Crippen LogP contribution in [0.15, 0.2) is 42.5 Å². The Kier molecular flexibility index (Phi) is 2.74. The molecule has 0 amide bonds. The van der Waals surface area contributed by atoms with Crippen molar-refractivity contribution >= 4 is 0 Å². The highest BCUT2D eigenvalue weighted by atomic mass is 14.3. The second kappa shape index (κ2) is 4.28. The Bertz CT molecular complexity index is 580. The minimum absolute atomic E-state index is 0.594. The largest absolute Gasteiger partial charge is 0.0620 e. The highest BCUT2D eigenvalue weighted by molar-refractivity contribution is 5.49. The molecule has 0 heterocycles. The normalized spacial score (nSPS) is 21.9. The van der Waals surface area contributed by atoms with Gasteiger partial charge in [-0.1, -0.05) is 49.4 Å². The lowest BCUT2D eigenvalue weighted by Gasteiger charge is -2.15. The van der Waals surface area contributed by atoms with Crippen LogP contribution in [0.3, 0.4) is 0 Å². The van der Waals surface area contributed by atoms with Crippen LogP contribution in [0.1, 0.15) is 53.0 Å². The maximum absolute atomic E-state index is 2.37. The first-order valence-electron chi connectivity index (χ1n) is 6.83. The first-order valence-corrected chi connectivity index (χ1v) is 6.83. The second-order valence-electron chi connectivity index (χ2n) is 5.62. The molecule has 2 unspecified atom stereocenters. The molecule has 0 aromatic heterocycles. The van der Waals surface area contributed by atoms with Crippen LogP contribution < -0.4 is 0 Å². The Balaban J connectivity index is 2.14. The molecule has 0 nitrogen and oxygen atoms in total. The van der Waals surface area contributed by atoms with Gasteiger partial charge >= 0.3 is 0 Å². The van der Waals surface area contributed by atoms with E-state index in [1.54, 1.807) is 11.1 Å². The summed E-state index contributed by atoms with van der Waals surface area (Å²) in [6.45, 7) is 6.84. The van der Waals surface area contributed by atoms with Crippen LogP contribution in [-0.2, 0) is 0 Å². The molecule has 0 aliphatic heterocycles. The summed E-state index contributed by atoms with van der Waals surface area (Å²) in [7, 11) is 0. The van der Waals surface area contributed by atoms with Crippen molar-refractivity contribution in [3.8, 4) is 0 Å². The quantitative estimate of drug-likeness (QED) is 0.657. The predicted molar refractivity (Wildman–Crippen MR) is 77.2 cm³/mol. The number of hydrogen-bond donors (Lipinski definition) is 0. The fourth-order valence-electron chi connectivity index (χ4n) is 3.55. The highest BCUT2D eigenvalue weighted by Crippen LogP contribution is 2.46. The summed E-state index contributed by atoms with van der Waals surface area (Å²) in [6.07, 6.45) is 1.26. The third kappa shape index (κ3) is 1.68. The summed E-state index contributed by atoms with van der Waals surface area (Å²) >= 11 is 0. The summed E-state index contributed by atoms with van der Waals surface area (Å²) in [5.41, 5.74) is 7.52. The van der Waals surface area contributed by atoms with Gasteiger partial charge in [0.15, 0.2) is 0 Å². The van der Waals surface area contributed by atoms with Gasteiger partial charge in [0.25, 0.3) is 0 Å². The van der Waals surface area contributed by atoms with E-state index in [4.69, 9.17) is 0 Å². The fourth-order valence-corrected chi connectivity index (χ4v) is 3.55. The van der Waals surface area contributed by atoms with Gasteiger partial charge < -0.3 is 0 Å². The van der Waals surface area contributed by atoms with Crippen LogP contribution in [0.5, 0.6) is 0 Å². The van der Waals surface area contributed by atoms with E-state index in [1.807, 2.05) is 0 Å². The standard InChI is InChI=1S/C18H20/c1-12-7-4-5-9-15(12)17-11-14(3)18-13(2)8-6-10-16(17)18/h4-10,14,17H,11H2,1-3H3. The lowest BCUT2D eigenvalue weighted by molar-refractivity contribution is 0.682. The van der Waals surface area contributed by atoms with Crippen molar-refractivity contribution in [3.05, 3.63) is 70.3 Å². The Labute approximate surface area is 110 Å². The van der Waals surface area contributed by atoms with Crippen molar-refractivity contribution in [2.24, 2.45) is 0 Å². The lowest BCUT2D eigenvalue weighted by Crippen LogP contribution is -1.98. The average Bonchev–Trinajstić information content (AvgIpc) is 2.69. The van der Waals surface area contributed by atoms with E-state index in [0.29, 0.717) is 11.8 Å². The smallest absolute Gasteiger partial charge is 0.0101 e. The molecule has 0 bridgehead atoms. The third-order valence-electron chi connectivity index (χ3n) is 4.38. The first-order chi connectivity index (χ1) is 8.68. The number of hydrogen-bond acceptors (Lipinski definition) is 0. The number of rotatable bonds is 1. The van der Waals surface area contributed by atoms with E-state index in [-0.39, 0.29) is 0 Å². The van der Waals surface area contributed by atoms with E-state index >= 15 is 0 Å². The molecule has 0 N–H and O–H groups in total. The molecule has 0 saturated heterocycles. The Morgan fingerprint density at radius 2 is 1.50 bits per heavy atom. The van der Waals surface area contributed by atoms with E-state index in [9.17, 15) is 0 Å². The van der Waals surface area contributed by atoms with E-state index < -0.39 is 0 Å². The molecule has 3 rings (SSSR count). The second-order valence-corrected chi connectivity index (χ2v) is 5.62. The van der Waals surface area contributed by atoms with Crippen LogP contribution in [-0.4, -0.2) is 0 Å². The van der Waals surface area contributed by atoms with Gasteiger partial charge in [-0.3, -0.25) is 0 Å². The Morgan fingerprint density at radius 1 is 0.833 bits per heavy atom. The minimum Gasteiger partial charge on any atom is -0.0620 e. The zero-order chi connectivity index (χ0) is 12.7. The summed E-state index contributed by atoms with van der Waals surface area (Å²) in [5.74, 6) is 1.28. The Morgan fingerprint density at radius 3 is 2.28 bits per heavy atom. The maximum atomic E-state index is 2.37. The van der Waals surface area contributed by atoms with Crippen molar-refractivity contribution < 1.29 is 0 Å². The van der Waals surface area contributed by atoms with Crippen LogP contribution in [0.2, 0.25) is 0 Å². The molecular weight excluding hydrogens is 216 g/mol. The molecule has 18 heavy (non-hydrogen) atoms. The van der Waals surface area contributed by atoms with Crippen LogP contribution in [0.4, 0.5) is 0 Å². The lowest BCUT2D eigenvalue weighted by atomic mass is 9.89. The van der Waals surface area contributed by atoms with Crippen LogP contribution >= 0.6 is 0 Å².